The summed E-state index contributed by atoms with van der Waals surface area (Å²) in [4.78, 5) is 26.9. The van der Waals surface area contributed by atoms with Gasteiger partial charge in [-0.15, -0.1) is 0 Å². The first kappa shape index (κ1) is 29.2. The number of aliphatic carboxylic acids is 3. The van der Waals surface area contributed by atoms with E-state index in [-0.39, 0.29) is 35.4 Å². The Hall–Kier alpha value is -0.499. The van der Waals surface area contributed by atoms with Gasteiger partial charge >= 0.3 is 18.9 Å². The first-order chi connectivity index (χ1) is 5.20. The van der Waals surface area contributed by atoms with Crippen LogP contribution in [0, 0.1) is 0 Å². The maximum atomic E-state index is 9.00. The number of carbonyl (C=O) groups is 3. The molecule has 0 aliphatic rings. The SMILES string of the molecule is CC(=O)O.CC(=O)O.CC(=O)[O-].[Li+].[Ni]. The van der Waals surface area contributed by atoms with Crippen LogP contribution in [0.15, 0.2) is 0 Å². The van der Waals surface area contributed by atoms with Gasteiger partial charge < -0.3 is 20.1 Å². The fourth-order valence-electron chi connectivity index (χ4n) is 0. The van der Waals surface area contributed by atoms with E-state index >= 15 is 0 Å². The largest absolute Gasteiger partial charge is 1.00 e. The van der Waals surface area contributed by atoms with Gasteiger partial charge in [0.15, 0.2) is 0 Å². The Kier molecular flexibility index (Phi) is 47.7. The van der Waals surface area contributed by atoms with Crippen LogP contribution >= 0.6 is 0 Å². The fourth-order valence-corrected chi connectivity index (χ4v) is 0. The topological polar surface area (TPSA) is 115 Å². The molecule has 0 saturated carbocycles. The first-order valence-electron chi connectivity index (χ1n) is 2.76. The number of carbonyl (C=O) groups excluding carboxylic acids is 1. The van der Waals surface area contributed by atoms with Crippen molar-refractivity contribution in [3.8, 4) is 0 Å². The van der Waals surface area contributed by atoms with E-state index in [0.29, 0.717) is 0 Å². The third kappa shape index (κ3) is 5090. The smallest absolute Gasteiger partial charge is 0.550 e. The van der Waals surface area contributed by atoms with Crippen LogP contribution in [0.25, 0.3) is 0 Å². The number of carboxylic acids is 3. The summed E-state index contributed by atoms with van der Waals surface area (Å²) >= 11 is 0. The second-order valence-electron chi connectivity index (χ2n) is 1.53. The number of hydrogen-bond donors (Lipinski definition) is 2. The van der Waals surface area contributed by atoms with Crippen molar-refractivity contribution in [3.63, 3.8) is 0 Å². The Morgan fingerprint density at radius 1 is 0.929 bits per heavy atom. The number of rotatable bonds is 0. The third-order valence-corrected chi connectivity index (χ3v) is 0. The molecule has 0 bridgehead atoms. The number of carboxylic acid groups (broad SMARTS) is 3. The van der Waals surface area contributed by atoms with E-state index in [1.54, 1.807) is 0 Å². The van der Waals surface area contributed by atoms with Crippen molar-refractivity contribution < 1.29 is 65.1 Å². The van der Waals surface area contributed by atoms with Gasteiger partial charge in [-0.3, -0.25) is 9.59 Å². The molecule has 0 spiro atoms. The van der Waals surface area contributed by atoms with Gasteiger partial charge in [-0.25, -0.2) is 0 Å². The maximum absolute atomic E-state index is 9.00. The second-order valence-corrected chi connectivity index (χ2v) is 1.53. The Bertz CT molecular complexity index is 120. The molecular formula is C6H11LiNiO6. The van der Waals surface area contributed by atoms with E-state index in [2.05, 4.69) is 0 Å². The fraction of sp³-hybridized carbons (Fsp3) is 0.500. The minimum Gasteiger partial charge on any atom is -0.550 e. The van der Waals surface area contributed by atoms with Crippen LogP contribution in [-0.4, -0.2) is 28.1 Å². The van der Waals surface area contributed by atoms with E-state index in [4.69, 9.17) is 29.7 Å². The van der Waals surface area contributed by atoms with Crippen LogP contribution in [0.2, 0.25) is 0 Å². The summed E-state index contributed by atoms with van der Waals surface area (Å²) in [6.07, 6.45) is 0. The molecule has 6 nitrogen and oxygen atoms in total. The minimum absolute atomic E-state index is 0. The van der Waals surface area contributed by atoms with Crippen LogP contribution < -0.4 is 24.0 Å². The van der Waals surface area contributed by atoms with Gasteiger partial charge in [0, 0.05) is 36.3 Å². The van der Waals surface area contributed by atoms with Crippen molar-refractivity contribution in [1.29, 1.82) is 0 Å². The molecule has 0 aromatic rings. The molecule has 0 aromatic heterocycles. The zero-order chi connectivity index (χ0) is 10.7. The van der Waals surface area contributed by atoms with Crippen LogP contribution in [0.4, 0.5) is 0 Å². The molecule has 0 fully saturated rings. The van der Waals surface area contributed by atoms with Crippen molar-refractivity contribution in [2.45, 2.75) is 20.8 Å². The van der Waals surface area contributed by atoms with E-state index in [0.717, 1.165) is 20.8 Å². The standard InChI is InChI=1S/3C2H4O2.Li.Ni/c3*1-2(3)4;;/h3*1H3,(H,3,4);;/q;;;+1;/p-1. The molecule has 0 unspecified atom stereocenters. The summed E-state index contributed by atoms with van der Waals surface area (Å²) in [7, 11) is 0. The third-order valence-electron chi connectivity index (χ3n) is 0. The molecular weight excluding hydrogens is 234 g/mol. The van der Waals surface area contributed by atoms with Gasteiger partial charge in [-0.2, -0.15) is 0 Å². The minimum atomic E-state index is -1.08. The molecule has 0 atom stereocenters. The summed E-state index contributed by atoms with van der Waals surface area (Å²) < 4.78 is 0. The summed E-state index contributed by atoms with van der Waals surface area (Å²) in [6, 6.07) is 0. The van der Waals surface area contributed by atoms with E-state index < -0.39 is 17.9 Å². The molecule has 0 aromatic carbocycles. The number of hydrogen-bond acceptors (Lipinski definition) is 4. The zero-order valence-corrected chi connectivity index (χ0v) is 9.33. The molecule has 0 rings (SSSR count). The van der Waals surface area contributed by atoms with Crippen LogP contribution in [-0.2, 0) is 30.9 Å². The normalized spacial score (nSPS) is 5.36. The van der Waals surface area contributed by atoms with Crippen molar-refractivity contribution in [2.24, 2.45) is 0 Å². The molecule has 82 valence electrons. The summed E-state index contributed by atoms with van der Waals surface area (Å²) in [6.45, 7) is 3.14. The summed E-state index contributed by atoms with van der Waals surface area (Å²) in [5.74, 6) is -2.75. The average Bonchev–Trinajstić information content (AvgIpc) is 1.54. The van der Waals surface area contributed by atoms with Gasteiger partial charge in [0.25, 0.3) is 11.9 Å². The summed E-state index contributed by atoms with van der Waals surface area (Å²) in [5, 5.41) is 23.7. The maximum Gasteiger partial charge on any atom is 1.00 e. The van der Waals surface area contributed by atoms with Gasteiger partial charge in [0.2, 0.25) is 0 Å². The molecule has 0 heterocycles. The second kappa shape index (κ2) is 22.9. The first-order valence-corrected chi connectivity index (χ1v) is 2.76. The molecule has 0 saturated heterocycles. The van der Waals surface area contributed by atoms with Crippen molar-refractivity contribution in [2.75, 3.05) is 0 Å². The monoisotopic (exact) mass is 244 g/mol. The molecule has 0 aliphatic heterocycles. The van der Waals surface area contributed by atoms with Crippen LogP contribution in [0.5, 0.6) is 0 Å². The van der Waals surface area contributed by atoms with Crippen LogP contribution in [0.1, 0.15) is 20.8 Å². The molecule has 0 amide bonds. The van der Waals surface area contributed by atoms with Crippen molar-refractivity contribution in [1.82, 2.24) is 0 Å². The van der Waals surface area contributed by atoms with Gasteiger partial charge in [0.05, 0.1) is 0 Å². The predicted octanol–water partition coefficient (Wildman–Crippen LogP) is -4.06. The van der Waals surface area contributed by atoms with E-state index in [9.17, 15) is 0 Å². The van der Waals surface area contributed by atoms with Gasteiger partial charge in [0.1, 0.15) is 0 Å². The Balaban J connectivity index is -0.0000000270. The quantitative estimate of drug-likeness (QED) is 0.419. The summed E-state index contributed by atoms with van der Waals surface area (Å²) in [5.41, 5.74) is 0. The van der Waals surface area contributed by atoms with Crippen molar-refractivity contribution >= 4 is 17.9 Å². The average molecular weight is 245 g/mol. The molecule has 8 heteroatoms. The van der Waals surface area contributed by atoms with Gasteiger partial charge in [-0.05, 0) is 6.92 Å². The van der Waals surface area contributed by atoms with Crippen molar-refractivity contribution in [3.05, 3.63) is 0 Å². The van der Waals surface area contributed by atoms with E-state index in [1.165, 1.54) is 0 Å². The Labute approximate surface area is 104 Å². The van der Waals surface area contributed by atoms with Crippen LogP contribution in [0.3, 0.4) is 0 Å². The Morgan fingerprint density at radius 3 is 0.929 bits per heavy atom. The Morgan fingerprint density at radius 2 is 0.929 bits per heavy atom. The predicted molar refractivity (Wildman–Crippen MR) is 37.3 cm³/mol. The van der Waals surface area contributed by atoms with E-state index in [1.807, 2.05) is 0 Å². The zero-order valence-electron chi connectivity index (χ0n) is 8.34. The molecule has 14 heavy (non-hydrogen) atoms. The molecule has 2 N–H and O–H groups in total. The van der Waals surface area contributed by atoms with Gasteiger partial charge in [-0.1, -0.05) is 0 Å². The molecule has 0 aliphatic carbocycles. The molecule has 0 radical (unpaired) electrons.